The van der Waals surface area contributed by atoms with E-state index >= 15 is 0 Å². The number of nitrogen functional groups attached to an aromatic ring is 1. The second-order valence-electron chi connectivity index (χ2n) is 10.3. The van der Waals surface area contributed by atoms with Gasteiger partial charge >= 0.3 is 6.09 Å². The largest absolute Gasteiger partial charge is 0.497 e. The Morgan fingerprint density at radius 3 is 2.49 bits per heavy atom. The van der Waals surface area contributed by atoms with Crippen LogP contribution in [0.2, 0.25) is 0 Å². The second kappa shape index (κ2) is 10.3. The molecule has 190 valence electrons. The first kappa shape index (κ1) is 25.1. The van der Waals surface area contributed by atoms with Crippen LogP contribution in [0.15, 0.2) is 42.5 Å². The predicted molar refractivity (Wildman–Crippen MR) is 138 cm³/mol. The molecular formula is C27H38N4O4. The summed E-state index contributed by atoms with van der Waals surface area (Å²) in [6.45, 7) is 10.7. The molecule has 0 radical (unpaired) electrons. The molecule has 1 fully saturated rings. The molecule has 2 aliphatic heterocycles. The summed E-state index contributed by atoms with van der Waals surface area (Å²) < 4.78 is 17.6. The van der Waals surface area contributed by atoms with E-state index in [1.807, 2.05) is 51.1 Å². The molecule has 8 heteroatoms. The number of carbonyl (C=O) groups excluding carboxylic acids is 1. The molecule has 2 aromatic rings. The number of nitrogens with one attached hydrogen (secondary N) is 1. The number of anilines is 2. The van der Waals surface area contributed by atoms with Crippen LogP contribution in [0, 0.1) is 0 Å². The first-order chi connectivity index (χ1) is 16.7. The Labute approximate surface area is 208 Å². The van der Waals surface area contributed by atoms with Crippen molar-refractivity contribution in [3.8, 4) is 5.75 Å². The molecule has 8 nitrogen and oxygen atoms in total. The van der Waals surface area contributed by atoms with E-state index in [1.54, 1.807) is 7.11 Å². The highest BCUT2D eigenvalue weighted by atomic mass is 16.7. The minimum Gasteiger partial charge on any atom is -0.497 e. The fraction of sp³-hybridized carbons (Fsp3) is 0.519. The van der Waals surface area contributed by atoms with Gasteiger partial charge in [0.2, 0.25) is 5.79 Å². The molecule has 0 unspecified atom stereocenters. The Hall–Kier alpha value is -2.97. The van der Waals surface area contributed by atoms with Gasteiger partial charge in [-0.3, -0.25) is 4.90 Å². The van der Waals surface area contributed by atoms with Crippen molar-refractivity contribution < 1.29 is 19.0 Å². The summed E-state index contributed by atoms with van der Waals surface area (Å²) in [6.07, 6.45) is 0.809. The zero-order valence-electron chi connectivity index (χ0n) is 21.3. The zero-order chi connectivity index (χ0) is 25.1. The number of amides is 1. The molecule has 3 N–H and O–H groups in total. The predicted octanol–water partition coefficient (Wildman–Crippen LogP) is 3.74. The van der Waals surface area contributed by atoms with Crippen molar-refractivity contribution >= 4 is 17.5 Å². The van der Waals surface area contributed by atoms with Gasteiger partial charge in [0.15, 0.2) is 0 Å². The first-order valence-electron chi connectivity index (χ1n) is 12.3. The molecule has 0 saturated carbocycles. The van der Waals surface area contributed by atoms with Crippen LogP contribution in [0.1, 0.15) is 38.3 Å². The Morgan fingerprint density at radius 2 is 1.83 bits per heavy atom. The highest BCUT2D eigenvalue weighted by molar-refractivity contribution is 5.69. The number of nitrogens with two attached hydrogens (primary N) is 1. The maximum absolute atomic E-state index is 12.8. The number of carbonyl (C=O) groups is 1. The van der Waals surface area contributed by atoms with Crippen LogP contribution in [0.4, 0.5) is 16.2 Å². The van der Waals surface area contributed by atoms with Crippen LogP contribution in [-0.2, 0) is 21.7 Å². The number of ether oxygens (including phenoxy) is 3. The molecule has 2 aromatic carbocycles. The SMILES string of the molecule is COc1ccc(N2CCN(CC[C@@]3(OC(=O)NC(C)(C)C)OCCc4cc(N)ccc43)CC2)cc1. The maximum Gasteiger partial charge on any atom is 0.410 e. The van der Waals surface area contributed by atoms with Gasteiger partial charge in [0.25, 0.3) is 0 Å². The summed E-state index contributed by atoms with van der Waals surface area (Å²) in [5.41, 5.74) is 9.50. The molecule has 0 aliphatic carbocycles. The standard InChI is InChI=1S/C27H38N4O4/c1-26(2,3)29-25(32)35-27(24-10-5-21(28)19-20(24)11-18-34-27)12-13-30-14-16-31(17-15-30)22-6-8-23(33-4)9-7-22/h5-10,19H,11-18,28H2,1-4H3,(H,29,32)/t27-/m0/s1. The van der Waals surface area contributed by atoms with E-state index in [9.17, 15) is 4.79 Å². The van der Waals surface area contributed by atoms with Gasteiger partial charge in [-0.2, -0.15) is 0 Å². The number of hydrogen-bond donors (Lipinski definition) is 2. The van der Waals surface area contributed by atoms with Crippen molar-refractivity contribution in [1.82, 2.24) is 10.2 Å². The van der Waals surface area contributed by atoms with Crippen molar-refractivity contribution in [2.24, 2.45) is 0 Å². The minimum atomic E-state index is -1.14. The third kappa shape index (κ3) is 6.18. The van der Waals surface area contributed by atoms with Crippen LogP contribution in [0.25, 0.3) is 0 Å². The third-order valence-electron chi connectivity index (χ3n) is 6.55. The van der Waals surface area contributed by atoms with Gasteiger partial charge in [0.05, 0.1) is 13.7 Å². The molecule has 2 aliphatic rings. The van der Waals surface area contributed by atoms with Crippen LogP contribution in [0.5, 0.6) is 5.75 Å². The lowest BCUT2D eigenvalue weighted by Crippen LogP contribution is -2.50. The maximum atomic E-state index is 12.8. The number of methoxy groups -OCH3 is 1. The summed E-state index contributed by atoms with van der Waals surface area (Å²) in [5, 5.41) is 2.91. The average molecular weight is 483 g/mol. The summed E-state index contributed by atoms with van der Waals surface area (Å²) >= 11 is 0. The van der Waals surface area contributed by atoms with Crippen molar-refractivity contribution in [3.63, 3.8) is 0 Å². The van der Waals surface area contributed by atoms with Gasteiger partial charge in [-0.15, -0.1) is 0 Å². The number of rotatable bonds is 6. The Balaban J connectivity index is 1.44. The van der Waals surface area contributed by atoms with Crippen molar-refractivity contribution in [1.29, 1.82) is 0 Å². The summed E-state index contributed by atoms with van der Waals surface area (Å²) in [6, 6.07) is 13.9. The normalized spacial score (nSPS) is 20.7. The molecule has 1 saturated heterocycles. The Kier molecular flexibility index (Phi) is 7.42. The fourth-order valence-corrected chi connectivity index (χ4v) is 4.75. The molecule has 2 heterocycles. The highest BCUT2D eigenvalue weighted by Crippen LogP contribution is 2.39. The summed E-state index contributed by atoms with van der Waals surface area (Å²) in [5.74, 6) is -0.272. The zero-order valence-corrected chi connectivity index (χ0v) is 21.3. The van der Waals surface area contributed by atoms with E-state index in [0.717, 1.165) is 56.0 Å². The van der Waals surface area contributed by atoms with Crippen LogP contribution in [-0.4, -0.2) is 63.0 Å². The first-order valence-corrected chi connectivity index (χ1v) is 12.3. The molecule has 0 aromatic heterocycles. The van der Waals surface area contributed by atoms with Crippen LogP contribution in [0.3, 0.4) is 0 Å². The number of piperazine rings is 1. The van der Waals surface area contributed by atoms with Gasteiger partial charge in [-0.25, -0.2) is 4.79 Å². The molecule has 0 bridgehead atoms. The van der Waals surface area contributed by atoms with Gasteiger partial charge in [-0.05, 0) is 69.2 Å². The van der Waals surface area contributed by atoms with Crippen molar-refractivity contribution in [2.75, 3.05) is 57.1 Å². The molecule has 4 rings (SSSR count). The van der Waals surface area contributed by atoms with E-state index in [-0.39, 0.29) is 0 Å². The fourth-order valence-electron chi connectivity index (χ4n) is 4.75. The average Bonchev–Trinajstić information content (AvgIpc) is 2.82. The van der Waals surface area contributed by atoms with E-state index < -0.39 is 17.4 Å². The monoisotopic (exact) mass is 482 g/mol. The molecule has 35 heavy (non-hydrogen) atoms. The van der Waals surface area contributed by atoms with Crippen LogP contribution < -0.4 is 20.7 Å². The molecule has 1 atom stereocenters. The smallest absolute Gasteiger partial charge is 0.410 e. The number of benzene rings is 2. The second-order valence-corrected chi connectivity index (χ2v) is 10.3. The number of alkyl carbamates (subject to hydrolysis) is 1. The van der Waals surface area contributed by atoms with E-state index in [1.165, 1.54) is 5.69 Å². The van der Waals surface area contributed by atoms with E-state index in [4.69, 9.17) is 19.9 Å². The number of hydrogen-bond acceptors (Lipinski definition) is 7. The lowest BCUT2D eigenvalue weighted by Gasteiger charge is -2.41. The highest BCUT2D eigenvalue weighted by Gasteiger charge is 2.43. The summed E-state index contributed by atoms with van der Waals surface area (Å²) in [4.78, 5) is 17.6. The van der Waals surface area contributed by atoms with Crippen molar-refractivity contribution in [3.05, 3.63) is 53.6 Å². The van der Waals surface area contributed by atoms with E-state index in [0.29, 0.717) is 18.7 Å². The van der Waals surface area contributed by atoms with Gasteiger partial charge in [0.1, 0.15) is 5.75 Å². The number of fused-ring (bicyclic) bond motifs is 1. The van der Waals surface area contributed by atoms with Crippen molar-refractivity contribution in [2.45, 2.75) is 44.9 Å². The topological polar surface area (TPSA) is 89.3 Å². The molecule has 1 amide bonds. The number of nitrogens with zero attached hydrogens (tertiary/aromatic N) is 2. The third-order valence-corrected chi connectivity index (χ3v) is 6.55. The quantitative estimate of drug-likeness (QED) is 0.606. The lowest BCUT2D eigenvalue weighted by molar-refractivity contribution is -0.224. The lowest BCUT2D eigenvalue weighted by atomic mass is 9.91. The van der Waals surface area contributed by atoms with E-state index in [2.05, 4.69) is 27.2 Å². The summed E-state index contributed by atoms with van der Waals surface area (Å²) in [7, 11) is 1.68. The Morgan fingerprint density at radius 1 is 1.11 bits per heavy atom. The minimum absolute atomic E-state index is 0.408. The van der Waals surface area contributed by atoms with Crippen LogP contribution >= 0.6 is 0 Å². The van der Waals surface area contributed by atoms with Gasteiger partial charge < -0.3 is 30.2 Å². The van der Waals surface area contributed by atoms with Gasteiger partial charge in [-0.1, -0.05) is 6.07 Å². The molecular weight excluding hydrogens is 444 g/mol. The molecule has 0 spiro atoms. The Bertz CT molecular complexity index is 1010. The van der Waals surface area contributed by atoms with Gasteiger partial charge in [0, 0.05) is 61.6 Å².